The summed E-state index contributed by atoms with van der Waals surface area (Å²) in [5.41, 5.74) is -1.43. The van der Waals surface area contributed by atoms with E-state index in [-0.39, 0.29) is 47.1 Å². The number of anilines is 2. The molecule has 0 saturated heterocycles. The molecule has 3 heterocycles. The summed E-state index contributed by atoms with van der Waals surface area (Å²) in [6.45, 7) is 5.35. The Morgan fingerprint density at radius 3 is 2.47 bits per heavy atom. The number of aromatic nitrogens is 5. The molecule has 5 rings (SSSR count). The van der Waals surface area contributed by atoms with Crippen molar-refractivity contribution in [2.45, 2.75) is 45.7 Å². The van der Waals surface area contributed by atoms with E-state index in [0.717, 1.165) is 22.8 Å². The van der Waals surface area contributed by atoms with E-state index < -0.39 is 28.8 Å². The maximum atomic E-state index is 15.3. The molecule has 45 heavy (non-hydrogen) atoms. The van der Waals surface area contributed by atoms with Crippen molar-refractivity contribution in [1.29, 1.82) is 0 Å². The van der Waals surface area contributed by atoms with Gasteiger partial charge in [-0.05, 0) is 56.2 Å². The molecule has 14 heteroatoms. The van der Waals surface area contributed by atoms with E-state index in [1.54, 1.807) is 6.92 Å². The minimum absolute atomic E-state index is 0.0279. The number of aliphatic hydroxyl groups excluding tert-OH is 1. The smallest absolute Gasteiger partial charge is 0.335 e. The summed E-state index contributed by atoms with van der Waals surface area (Å²) in [7, 11) is 0. The summed E-state index contributed by atoms with van der Waals surface area (Å²) >= 11 is 0. The number of pyridine rings is 1. The second kappa shape index (κ2) is 13.1. The van der Waals surface area contributed by atoms with E-state index >= 15 is 4.39 Å². The standard InChI is InChI=1S/C31H31F2N7O5/c1-4-20(5-2)39-15-22(30(43)40(31(39)44)21-9-6-18(32)7-10-21)29(42)36-19-8-11-24(23(33)14-19)45-25-12-13-34-27-26(25)28(38-37-27)35-17(3)16-41/h6-15,17,20,41H,4-5,16H2,1-3H3,(H,36,42)(H2,34,35,37,38). The molecule has 0 aliphatic heterocycles. The van der Waals surface area contributed by atoms with Gasteiger partial charge in [-0.2, -0.15) is 5.10 Å². The van der Waals surface area contributed by atoms with Crippen molar-refractivity contribution in [2.24, 2.45) is 0 Å². The number of benzene rings is 2. The lowest BCUT2D eigenvalue weighted by Crippen LogP contribution is -2.43. The molecule has 4 N–H and O–H groups in total. The number of H-pyrrole nitrogens is 1. The first kappa shape index (κ1) is 31.1. The molecule has 0 bridgehead atoms. The molecule has 1 unspecified atom stereocenters. The van der Waals surface area contributed by atoms with Gasteiger partial charge in [0.1, 0.15) is 22.5 Å². The number of hydrogen-bond donors (Lipinski definition) is 4. The molecule has 0 radical (unpaired) electrons. The van der Waals surface area contributed by atoms with E-state index in [0.29, 0.717) is 29.7 Å². The van der Waals surface area contributed by atoms with Crippen molar-refractivity contribution >= 4 is 28.4 Å². The number of nitrogens with zero attached hydrogens (tertiary/aromatic N) is 4. The highest BCUT2D eigenvalue weighted by molar-refractivity contribution is 6.04. The number of aromatic amines is 1. The van der Waals surface area contributed by atoms with Crippen LogP contribution in [0.25, 0.3) is 16.7 Å². The third kappa shape index (κ3) is 6.31. The Morgan fingerprint density at radius 1 is 1.07 bits per heavy atom. The highest BCUT2D eigenvalue weighted by Crippen LogP contribution is 2.34. The second-order valence-electron chi connectivity index (χ2n) is 10.4. The molecule has 12 nitrogen and oxygen atoms in total. The molecule has 0 aliphatic carbocycles. The molecular weight excluding hydrogens is 588 g/mol. The summed E-state index contributed by atoms with van der Waals surface area (Å²) in [4.78, 5) is 44.4. The molecule has 5 aromatic rings. The van der Waals surface area contributed by atoms with Crippen LogP contribution in [0.4, 0.5) is 20.3 Å². The van der Waals surface area contributed by atoms with Crippen LogP contribution in [0.15, 0.2) is 70.5 Å². The minimum atomic E-state index is -0.909. The third-order valence-corrected chi connectivity index (χ3v) is 7.27. The van der Waals surface area contributed by atoms with E-state index in [1.165, 1.54) is 47.3 Å². The average Bonchev–Trinajstić information content (AvgIpc) is 3.44. The number of nitrogens with one attached hydrogen (secondary N) is 3. The fourth-order valence-electron chi connectivity index (χ4n) is 4.86. The zero-order valence-electron chi connectivity index (χ0n) is 24.7. The Kier molecular flexibility index (Phi) is 9.04. The molecule has 0 spiro atoms. The number of rotatable bonds is 11. The largest absolute Gasteiger partial charge is 0.453 e. The molecular formula is C31H31F2N7O5. The van der Waals surface area contributed by atoms with E-state index in [4.69, 9.17) is 4.74 Å². The summed E-state index contributed by atoms with van der Waals surface area (Å²) in [6, 6.07) is 9.40. The van der Waals surface area contributed by atoms with Gasteiger partial charge in [0.15, 0.2) is 23.0 Å². The van der Waals surface area contributed by atoms with Crippen molar-refractivity contribution < 1.29 is 23.4 Å². The van der Waals surface area contributed by atoms with Crippen LogP contribution >= 0.6 is 0 Å². The first-order valence-corrected chi connectivity index (χ1v) is 14.3. The van der Waals surface area contributed by atoms with Crippen LogP contribution in [0.5, 0.6) is 11.5 Å². The molecule has 2 aromatic carbocycles. The topological polar surface area (TPSA) is 156 Å². The molecule has 0 aliphatic rings. The number of carbonyl (C=O) groups excluding carboxylic acids is 1. The maximum absolute atomic E-state index is 15.3. The summed E-state index contributed by atoms with van der Waals surface area (Å²) < 4.78 is 36.9. The van der Waals surface area contributed by atoms with Crippen LogP contribution in [-0.2, 0) is 0 Å². The van der Waals surface area contributed by atoms with Gasteiger partial charge in [0.05, 0.1) is 12.3 Å². The Hall–Kier alpha value is -5.37. The van der Waals surface area contributed by atoms with Gasteiger partial charge in [-0.1, -0.05) is 13.8 Å². The van der Waals surface area contributed by atoms with Crippen LogP contribution in [-0.4, -0.2) is 48.0 Å². The average molecular weight is 620 g/mol. The lowest BCUT2D eigenvalue weighted by Gasteiger charge is -2.19. The Balaban J connectivity index is 1.46. The number of hydrogen-bond acceptors (Lipinski definition) is 8. The van der Waals surface area contributed by atoms with Gasteiger partial charge in [0, 0.05) is 42.3 Å². The number of fused-ring (bicyclic) bond motifs is 1. The van der Waals surface area contributed by atoms with Crippen molar-refractivity contribution in [1.82, 2.24) is 24.3 Å². The molecule has 0 saturated carbocycles. The van der Waals surface area contributed by atoms with Crippen molar-refractivity contribution in [3.63, 3.8) is 0 Å². The van der Waals surface area contributed by atoms with E-state index in [2.05, 4.69) is 25.8 Å². The fourth-order valence-corrected chi connectivity index (χ4v) is 4.86. The van der Waals surface area contributed by atoms with Crippen molar-refractivity contribution in [3.8, 4) is 17.2 Å². The van der Waals surface area contributed by atoms with Crippen LogP contribution in [0, 0.1) is 11.6 Å². The number of ether oxygens (including phenoxy) is 1. The van der Waals surface area contributed by atoms with Crippen molar-refractivity contribution in [3.05, 3.63) is 99.0 Å². The predicted octanol–water partition coefficient (Wildman–Crippen LogP) is 4.75. The summed E-state index contributed by atoms with van der Waals surface area (Å²) in [5, 5.41) is 22.3. The molecule has 1 atom stereocenters. The van der Waals surface area contributed by atoms with E-state index in [9.17, 15) is 23.9 Å². The van der Waals surface area contributed by atoms with Gasteiger partial charge in [-0.3, -0.25) is 19.3 Å². The van der Waals surface area contributed by atoms with Crippen LogP contribution < -0.4 is 26.6 Å². The van der Waals surface area contributed by atoms with Gasteiger partial charge >= 0.3 is 5.69 Å². The zero-order chi connectivity index (χ0) is 32.2. The number of halogens is 2. The SMILES string of the molecule is CCC(CC)n1cc(C(=O)Nc2ccc(Oc3ccnc4[nH]nc(NC(C)CO)c34)c(F)c2)c(=O)n(-c2ccc(F)cc2)c1=O. The minimum Gasteiger partial charge on any atom is -0.453 e. The monoisotopic (exact) mass is 619 g/mol. The Bertz CT molecular complexity index is 1970. The molecule has 0 fully saturated rings. The second-order valence-corrected chi connectivity index (χ2v) is 10.4. The lowest BCUT2D eigenvalue weighted by molar-refractivity contribution is 0.102. The summed E-state index contributed by atoms with van der Waals surface area (Å²) in [6.07, 6.45) is 3.76. The van der Waals surface area contributed by atoms with Gasteiger partial charge in [-0.15, -0.1) is 0 Å². The molecule has 3 aromatic heterocycles. The van der Waals surface area contributed by atoms with E-state index in [1.807, 2.05) is 13.8 Å². The van der Waals surface area contributed by atoms with Gasteiger partial charge in [-0.25, -0.2) is 23.1 Å². The van der Waals surface area contributed by atoms with Crippen LogP contribution in [0.3, 0.4) is 0 Å². The maximum Gasteiger partial charge on any atom is 0.335 e. The number of aliphatic hydroxyl groups is 1. The highest BCUT2D eigenvalue weighted by Gasteiger charge is 2.22. The van der Waals surface area contributed by atoms with Gasteiger partial charge in [0.25, 0.3) is 11.5 Å². The first-order valence-electron chi connectivity index (χ1n) is 14.3. The zero-order valence-corrected chi connectivity index (χ0v) is 24.7. The van der Waals surface area contributed by atoms with Gasteiger partial charge < -0.3 is 20.5 Å². The Labute approximate surface area is 255 Å². The third-order valence-electron chi connectivity index (χ3n) is 7.27. The quantitative estimate of drug-likeness (QED) is 0.165. The normalized spacial score (nSPS) is 12.0. The number of amides is 1. The lowest BCUT2D eigenvalue weighted by atomic mass is 10.1. The highest BCUT2D eigenvalue weighted by atomic mass is 19.1. The molecule has 1 amide bonds. The van der Waals surface area contributed by atoms with Crippen LogP contribution in [0.2, 0.25) is 0 Å². The summed E-state index contributed by atoms with van der Waals surface area (Å²) in [5.74, 6) is -1.80. The predicted molar refractivity (Wildman–Crippen MR) is 164 cm³/mol. The van der Waals surface area contributed by atoms with Crippen LogP contribution in [0.1, 0.15) is 50.0 Å². The first-order chi connectivity index (χ1) is 21.6. The van der Waals surface area contributed by atoms with Gasteiger partial charge in [0.2, 0.25) is 0 Å². The van der Waals surface area contributed by atoms with Crippen molar-refractivity contribution in [2.75, 3.05) is 17.2 Å². The fraction of sp³-hybridized carbons (Fsp3) is 0.258. The number of carbonyl (C=O) groups is 1. The molecule has 234 valence electrons. The Morgan fingerprint density at radius 2 is 1.80 bits per heavy atom.